The summed E-state index contributed by atoms with van der Waals surface area (Å²) < 4.78 is 316. The molecule has 0 unspecified atom stereocenters. The minimum atomic E-state index is -3.17. The Bertz CT molecular complexity index is 4690. The number of fused-ring (bicyclic) bond motifs is 4. The number of hydrogen-bond acceptors (Lipinski definition) is 9. The Morgan fingerprint density at radius 1 is 0.333 bits per heavy atom. The van der Waals surface area contributed by atoms with E-state index in [4.69, 9.17) is 8.83 Å². The number of carboxylic acid groups (broad SMARTS) is 1. The predicted octanol–water partition coefficient (Wildman–Crippen LogP) is 12.2. The fourth-order valence-electron chi connectivity index (χ4n) is 8.25. The minimum absolute atomic E-state index is 0.0201. The summed E-state index contributed by atoms with van der Waals surface area (Å²) in [6.07, 6.45) is 0. The highest BCUT2D eigenvalue weighted by molar-refractivity contribution is 6.00. The highest BCUT2D eigenvalue weighted by Crippen LogP contribution is 2.55. The van der Waals surface area contributed by atoms with Gasteiger partial charge in [0.15, 0.2) is 41.9 Å². The molecule has 0 N–H and O–H groups in total. The van der Waals surface area contributed by atoms with Crippen molar-refractivity contribution in [2.45, 2.75) is 0 Å². The van der Waals surface area contributed by atoms with Gasteiger partial charge in [0.05, 0.1) is 33.1 Å². The second kappa shape index (κ2) is 22.8. The molecular weight excluding hydrogens is 1340 g/mol. The molecule has 0 aliphatic heterocycles. The molecule has 0 spiro atoms. The second-order valence-corrected chi connectivity index (χ2v) is 20.5. The third kappa shape index (κ3) is 10.2. The molecule has 0 bridgehead atoms. The Labute approximate surface area is 476 Å². The zero-order chi connectivity index (χ0) is 63.1. The van der Waals surface area contributed by atoms with E-state index in [1.54, 1.807) is 24.3 Å². The van der Waals surface area contributed by atoms with Gasteiger partial charge in [0.1, 0.15) is 22.3 Å². The van der Waals surface area contributed by atoms with Crippen molar-refractivity contribution in [3.8, 4) is 45.6 Å². The van der Waals surface area contributed by atoms with Crippen LogP contribution in [0.5, 0.6) is 34.5 Å². The molecule has 87 heavy (non-hydrogen) atoms. The van der Waals surface area contributed by atoms with E-state index in [9.17, 15) is 98.5 Å². The molecule has 0 saturated heterocycles. The van der Waals surface area contributed by atoms with Gasteiger partial charge in [-0.1, -0.05) is 24.3 Å². The van der Waals surface area contributed by atoms with E-state index in [0.29, 0.717) is 43.9 Å². The molecule has 0 saturated carbocycles. The Morgan fingerprint density at radius 2 is 0.644 bits per heavy atom. The Kier molecular flexibility index (Phi) is 15.8. The fourth-order valence-corrected chi connectivity index (χ4v) is 10.6. The van der Waals surface area contributed by atoms with Gasteiger partial charge in [-0.25, -0.2) is 61.5 Å². The summed E-state index contributed by atoms with van der Waals surface area (Å²) in [5, 5.41) is 14.6. The number of carboxylic acids is 1. The first kappa shape index (κ1) is 60.2. The number of carbonyl (C=O) groups is 1. The van der Waals surface area contributed by atoms with Crippen LogP contribution in [0.1, 0.15) is 10.4 Å². The van der Waals surface area contributed by atoms with Gasteiger partial charge in [0, 0.05) is 23.3 Å². The molecule has 0 atom stereocenters. The van der Waals surface area contributed by atoms with Gasteiger partial charge < -0.3 is 32.9 Å². The first-order valence-corrected chi connectivity index (χ1v) is 25.4. The maximum Gasteiger partial charge on any atom is 0.357 e. The van der Waals surface area contributed by atoms with Crippen LogP contribution < -0.4 is 51.4 Å². The second-order valence-electron chi connectivity index (χ2n) is 17.4. The van der Waals surface area contributed by atoms with Gasteiger partial charge in [-0.2, -0.15) is 26.3 Å². The summed E-state index contributed by atoms with van der Waals surface area (Å²) in [7, 11) is 0. The van der Waals surface area contributed by atoms with Gasteiger partial charge in [-0.05, 0) is 54.6 Å². The first-order chi connectivity index (χ1) is 41.1. The van der Waals surface area contributed by atoms with Crippen molar-refractivity contribution < 1.29 is 142 Å². The van der Waals surface area contributed by atoms with Crippen LogP contribution >= 0.6 is 0 Å². The molecule has 0 fully saturated rings. The lowest BCUT2D eigenvalue weighted by atomic mass is 9.95. The summed E-state index contributed by atoms with van der Waals surface area (Å²) in [6.45, 7) is 0. The summed E-state index contributed by atoms with van der Waals surface area (Å²) in [4.78, 5) is 38.1. The molecule has 2 heterocycles. The van der Waals surface area contributed by atoms with E-state index in [1.165, 1.54) is 0 Å². The van der Waals surface area contributed by atoms with Crippen LogP contribution in [0.25, 0.3) is 55.0 Å². The SMILES string of the molecule is O=C([O-])c1cc(Oc2c(F)c(F)c(F)c(F)c2F)c(Oc2c(F)c(F)c(F)c(F)c2F)c(Oc2c(F)c(F)c(F)c(F)c2F)c1-c1c(F)c(F)c(F)c(F)c1F.O=c1c2ccccc2oc2ccc([I+]c3ccc4oc5ccccc5c(=O)c4c3)cc12. The fraction of sp³-hybridized carbons (Fsp3) is 0. The molecule has 9 nitrogen and oxygen atoms in total. The number of benzene rings is 9. The van der Waals surface area contributed by atoms with Crippen LogP contribution in [0.15, 0.2) is 109 Å². The minimum Gasteiger partial charge on any atom is -0.545 e. The average molecular weight is 1350 g/mol. The standard InChI is InChI=1S/C31H2F20O5.C26H14IO4/c32-6-5(7(33)9(35)10(36)8(6)34)4-2(31(52)53)1-3(54-28-20(46)14(40)11(37)15(41)21(28)47)26(55-29-22(48)16(42)12(38)17(43)23(29)49)27(4)56-30-24(50)18(44)13(39)19(45)25(30)51;28-25-17-5-1-3-7-21(17)30-23-11-9-15(13-19(23)25)27-16-10-12-24-20(14-16)26(29)18-6-2-4-8-22(18)31-24/h1H,(H,52,53);1-14H/q;+1/p-1. The van der Waals surface area contributed by atoms with Gasteiger partial charge in [0.25, 0.3) is 0 Å². The summed E-state index contributed by atoms with van der Waals surface area (Å²) >= 11 is -0.596. The summed E-state index contributed by atoms with van der Waals surface area (Å²) in [5.41, 5.74) is -5.39. The van der Waals surface area contributed by atoms with Crippen LogP contribution in [0.2, 0.25) is 0 Å². The average Bonchev–Trinajstić information content (AvgIpc) is 0.847. The van der Waals surface area contributed by atoms with E-state index in [0.717, 1.165) is 7.14 Å². The quantitative estimate of drug-likeness (QED) is 0.0432. The van der Waals surface area contributed by atoms with E-state index in [2.05, 4.69) is 14.2 Å². The lowest BCUT2D eigenvalue weighted by Gasteiger charge is -2.24. The predicted molar refractivity (Wildman–Crippen MR) is 252 cm³/mol. The number of para-hydroxylation sites is 2. The van der Waals surface area contributed by atoms with Crippen molar-refractivity contribution in [3.63, 3.8) is 0 Å². The Morgan fingerprint density at radius 3 is 1.01 bits per heavy atom. The van der Waals surface area contributed by atoms with Crippen LogP contribution in [0.4, 0.5) is 87.8 Å². The van der Waals surface area contributed by atoms with E-state index in [-0.39, 0.29) is 10.9 Å². The van der Waals surface area contributed by atoms with Gasteiger partial charge in [0.2, 0.25) is 127 Å². The summed E-state index contributed by atoms with van der Waals surface area (Å²) in [6, 6.07) is 25.5. The Hall–Kier alpha value is -9.88. The highest BCUT2D eigenvalue weighted by atomic mass is 127. The molecule has 0 aliphatic carbocycles. The number of ether oxygens (including phenoxy) is 3. The van der Waals surface area contributed by atoms with Crippen LogP contribution in [-0.4, -0.2) is 5.97 Å². The van der Waals surface area contributed by atoms with Crippen molar-refractivity contribution in [1.82, 2.24) is 0 Å². The number of carbonyl (C=O) groups excluding carboxylic acids is 1. The zero-order valence-corrected chi connectivity index (χ0v) is 43.4. The molecule has 11 rings (SSSR count). The lowest BCUT2D eigenvalue weighted by molar-refractivity contribution is -0.597. The van der Waals surface area contributed by atoms with Crippen molar-refractivity contribution in [2.75, 3.05) is 0 Å². The molecule has 30 heteroatoms. The molecule has 9 aromatic carbocycles. The molecule has 0 aliphatic rings. The molecule has 0 radical (unpaired) electrons. The lowest BCUT2D eigenvalue weighted by Crippen LogP contribution is -3.61. The van der Waals surface area contributed by atoms with Crippen molar-refractivity contribution in [1.29, 1.82) is 0 Å². The Balaban J connectivity index is 0.000000225. The molecule has 11 aromatic rings. The van der Waals surface area contributed by atoms with E-state index >= 15 is 8.78 Å². The highest BCUT2D eigenvalue weighted by Gasteiger charge is 2.39. The number of halogens is 21. The van der Waals surface area contributed by atoms with E-state index in [1.807, 2.05) is 60.7 Å². The molecule has 0 amide bonds. The van der Waals surface area contributed by atoms with Crippen LogP contribution in [0, 0.1) is 123 Å². The van der Waals surface area contributed by atoms with E-state index < -0.39 is 201 Å². The van der Waals surface area contributed by atoms with Gasteiger partial charge in [-0.3, -0.25) is 9.59 Å². The molecular formula is C57H15F20IO9. The normalized spacial score (nSPS) is 11.4. The molecule has 2 aromatic heterocycles. The van der Waals surface area contributed by atoms with Gasteiger partial charge >= 0.3 is 21.2 Å². The maximum atomic E-state index is 15.2. The van der Waals surface area contributed by atoms with Crippen LogP contribution in [0.3, 0.4) is 0 Å². The molecule has 444 valence electrons. The number of aromatic carboxylic acids is 1. The van der Waals surface area contributed by atoms with Gasteiger partial charge in [-0.15, -0.1) is 0 Å². The first-order valence-electron chi connectivity index (χ1n) is 23.2. The number of rotatable bonds is 10. The van der Waals surface area contributed by atoms with Crippen molar-refractivity contribution in [2.24, 2.45) is 0 Å². The third-order valence-electron chi connectivity index (χ3n) is 12.3. The monoisotopic (exact) mass is 1350 g/mol. The van der Waals surface area contributed by atoms with Crippen molar-refractivity contribution >= 4 is 49.8 Å². The smallest absolute Gasteiger partial charge is 0.357 e. The largest absolute Gasteiger partial charge is 0.545 e. The van der Waals surface area contributed by atoms with Crippen LogP contribution in [-0.2, 0) is 0 Å². The maximum absolute atomic E-state index is 15.2. The number of hydrogen-bond donors (Lipinski definition) is 0. The zero-order valence-electron chi connectivity index (χ0n) is 41.3. The third-order valence-corrected chi connectivity index (χ3v) is 14.9. The summed E-state index contributed by atoms with van der Waals surface area (Å²) in [5.74, 6) is -81.2. The van der Waals surface area contributed by atoms with Crippen molar-refractivity contribution in [3.05, 3.63) is 240 Å². The topological polar surface area (TPSA) is 128 Å².